The highest BCUT2D eigenvalue weighted by molar-refractivity contribution is 5.77. The maximum Gasteiger partial charge on any atom is 0.351 e. The highest BCUT2D eigenvalue weighted by atomic mass is 16.5. The van der Waals surface area contributed by atoms with Gasteiger partial charge < -0.3 is 25.7 Å². The van der Waals surface area contributed by atoms with Gasteiger partial charge in [0, 0.05) is 5.41 Å². The van der Waals surface area contributed by atoms with Gasteiger partial charge in [-0.15, -0.1) is 0 Å². The second-order valence-electron chi connectivity index (χ2n) is 6.59. The van der Waals surface area contributed by atoms with Crippen molar-refractivity contribution in [3.8, 4) is 0 Å². The first-order valence-corrected chi connectivity index (χ1v) is 7.53. The molecular weight excluding hydrogens is 332 g/mol. The fourth-order valence-corrected chi connectivity index (χ4v) is 2.69. The van der Waals surface area contributed by atoms with Gasteiger partial charge in [-0.05, 0) is 13.3 Å². The van der Waals surface area contributed by atoms with Gasteiger partial charge in [-0.1, -0.05) is 13.8 Å². The molecule has 2 aromatic heterocycles. The Morgan fingerprint density at radius 2 is 2.16 bits per heavy atom. The van der Waals surface area contributed by atoms with Crippen molar-refractivity contribution < 1.29 is 19.7 Å². The van der Waals surface area contributed by atoms with Crippen molar-refractivity contribution in [1.29, 1.82) is 0 Å². The predicted octanol–water partition coefficient (Wildman–Crippen LogP) is -0.787. The SMILES string of the molecule is C[C@H](O)CC(C)(C)C(N)(OCn1cnc2c(=O)nc(N)[nH]c21)C(=O)O. The lowest BCUT2D eigenvalue weighted by molar-refractivity contribution is -0.195. The first-order chi connectivity index (χ1) is 11.5. The molecule has 2 atom stereocenters. The van der Waals surface area contributed by atoms with E-state index >= 15 is 0 Å². The first-order valence-electron chi connectivity index (χ1n) is 7.53. The Balaban J connectivity index is 2.34. The Kier molecular flexibility index (Phi) is 4.84. The van der Waals surface area contributed by atoms with Crippen molar-refractivity contribution in [2.45, 2.75) is 45.8 Å². The van der Waals surface area contributed by atoms with Crippen molar-refractivity contribution >= 4 is 23.1 Å². The number of hydrogen-bond donors (Lipinski definition) is 5. The zero-order valence-corrected chi connectivity index (χ0v) is 14.2. The number of hydrogen-bond acceptors (Lipinski definition) is 8. The molecule has 0 saturated carbocycles. The fourth-order valence-electron chi connectivity index (χ4n) is 2.69. The number of carboxylic acid groups (broad SMARTS) is 1. The van der Waals surface area contributed by atoms with Crippen LogP contribution in [0.3, 0.4) is 0 Å². The first kappa shape index (κ1) is 18.8. The lowest BCUT2D eigenvalue weighted by atomic mass is 9.77. The summed E-state index contributed by atoms with van der Waals surface area (Å²) < 4.78 is 6.85. The van der Waals surface area contributed by atoms with Gasteiger partial charge in [-0.3, -0.25) is 15.1 Å². The number of aromatic amines is 1. The molecule has 138 valence electrons. The van der Waals surface area contributed by atoms with Crippen molar-refractivity contribution in [3.05, 3.63) is 16.7 Å². The van der Waals surface area contributed by atoms with Crippen molar-refractivity contribution in [1.82, 2.24) is 19.5 Å². The zero-order valence-electron chi connectivity index (χ0n) is 14.2. The number of nitrogens with two attached hydrogens (primary N) is 2. The average Bonchev–Trinajstić information content (AvgIpc) is 2.86. The van der Waals surface area contributed by atoms with E-state index in [4.69, 9.17) is 16.2 Å². The molecule has 0 aliphatic carbocycles. The molecule has 1 unspecified atom stereocenters. The zero-order chi connectivity index (χ0) is 19.0. The van der Waals surface area contributed by atoms with Crippen LogP contribution in [0.4, 0.5) is 5.95 Å². The summed E-state index contributed by atoms with van der Waals surface area (Å²) in [7, 11) is 0. The van der Waals surface area contributed by atoms with Crippen LogP contribution < -0.4 is 17.0 Å². The molecule has 2 rings (SSSR count). The van der Waals surface area contributed by atoms with Crippen LogP contribution in [-0.2, 0) is 16.3 Å². The monoisotopic (exact) mass is 354 g/mol. The standard InChI is InChI=1S/C14H22N6O5/c1-7(21)4-13(2,3)14(16,11(23)24)25-6-20-5-17-8-9(20)18-12(15)19-10(8)22/h5,7,21H,4,6,16H2,1-3H3,(H,23,24)(H3,15,18,19,22)/t7-,14?/m0/s1. The molecule has 0 radical (unpaired) electrons. The highest BCUT2D eigenvalue weighted by Crippen LogP contribution is 2.35. The van der Waals surface area contributed by atoms with Gasteiger partial charge in [-0.2, -0.15) is 4.98 Å². The van der Waals surface area contributed by atoms with E-state index in [0.717, 1.165) is 0 Å². The highest BCUT2D eigenvalue weighted by Gasteiger charge is 2.50. The number of carbonyl (C=O) groups is 1. The van der Waals surface area contributed by atoms with Gasteiger partial charge in [0.05, 0.1) is 12.4 Å². The van der Waals surface area contributed by atoms with Gasteiger partial charge in [0.1, 0.15) is 12.4 Å². The molecule has 2 aromatic rings. The maximum absolute atomic E-state index is 11.7. The molecule has 0 aromatic carbocycles. The topological polar surface area (TPSA) is 182 Å². The van der Waals surface area contributed by atoms with Crippen LogP contribution >= 0.6 is 0 Å². The van der Waals surface area contributed by atoms with E-state index in [1.54, 1.807) is 13.8 Å². The third kappa shape index (κ3) is 3.48. The number of anilines is 1. The van der Waals surface area contributed by atoms with Crippen LogP contribution in [0.2, 0.25) is 0 Å². The third-order valence-corrected chi connectivity index (χ3v) is 4.07. The third-order valence-electron chi connectivity index (χ3n) is 4.07. The molecule has 25 heavy (non-hydrogen) atoms. The Labute approximate surface area is 142 Å². The number of carboxylic acids is 1. The van der Waals surface area contributed by atoms with E-state index in [9.17, 15) is 19.8 Å². The molecule has 0 aliphatic rings. The van der Waals surface area contributed by atoms with Crippen LogP contribution in [0.1, 0.15) is 27.2 Å². The van der Waals surface area contributed by atoms with E-state index in [0.29, 0.717) is 0 Å². The molecule has 0 bridgehead atoms. The quantitative estimate of drug-likeness (QED) is 0.398. The fraction of sp³-hybridized carbons (Fsp3) is 0.571. The van der Waals surface area contributed by atoms with Crippen molar-refractivity contribution in [2.75, 3.05) is 5.73 Å². The molecule has 0 fully saturated rings. The second-order valence-corrected chi connectivity index (χ2v) is 6.59. The van der Waals surface area contributed by atoms with Crippen LogP contribution in [0.5, 0.6) is 0 Å². The lowest BCUT2D eigenvalue weighted by Gasteiger charge is -2.40. The Morgan fingerprint density at radius 3 is 2.72 bits per heavy atom. The molecular formula is C14H22N6O5. The van der Waals surface area contributed by atoms with E-state index in [-0.39, 0.29) is 30.3 Å². The van der Waals surface area contributed by atoms with Gasteiger partial charge in [0.15, 0.2) is 5.52 Å². The van der Waals surface area contributed by atoms with Crippen LogP contribution in [0, 0.1) is 5.41 Å². The Morgan fingerprint density at radius 1 is 1.52 bits per heavy atom. The normalized spacial score (nSPS) is 15.9. The lowest BCUT2D eigenvalue weighted by Crippen LogP contribution is -2.61. The summed E-state index contributed by atoms with van der Waals surface area (Å²) in [5.41, 5.74) is 8.02. The molecule has 11 nitrogen and oxygen atoms in total. The minimum atomic E-state index is -2.08. The molecule has 7 N–H and O–H groups in total. The number of aliphatic hydroxyl groups excluding tert-OH is 1. The minimum Gasteiger partial charge on any atom is -0.478 e. The number of aliphatic hydroxyl groups is 1. The number of fused-ring (bicyclic) bond motifs is 1. The van der Waals surface area contributed by atoms with Crippen LogP contribution in [0.15, 0.2) is 11.1 Å². The molecule has 0 saturated heterocycles. The van der Waals surface area contributed by atoms with E-state index in [1.807, 2.05) is 0 Å². The second kappa shape index (κ2) is 6.43. The molecule has 0 aliphatic heterocycles. The molecule has 2 heterocycles. The summed E-state index contributed by atoms with van der Waals surface area (Å²) in [5, 5.41) is 19.2. The Bertz CT molecular complexity index is 842. The number of H-pyrrole nitrogens is 1. The number of nitrogens with one attached hydrogen (secondary N) is 1. The van der Waals surface area contributed by atoms with Gasteiger partial charge in [0.2, 0.25) is 11.7 Å². The molecule has 0 spiro atoms. The molecule has 0 amide bonds. The van der Waals surface area contributed by atoms with Gasteiger partial charge in [0.25, 0.3) is 0 Å². The number of aromatic nitrogens is 4. The summed E-state index contributed by atoms with van der Waals surface area (Å²) in [6, 6.07) is 0. The van der Waals surface area contributed by atoms with Gasteiger partial charge in [-0.25, -0.2) is 9.78 Å². The number of aliphatic carboxylic acids is 1. The van der Waals surface area contributed by atoms with Crippen LogP contribution in [0.25, 0.3) is 11.2 Å². The van der Waals surface area contributed by atoms with E-state index in [2.05, 4.69) is 15.0 Å². The minimum absolute atomic E-state index is 0.0407. The predicted molar refractivity (Wildman–Crippen MR) is 88.3 cm³/mol. The van der Waals surface area contributed by atoms with Gasteiger partial charge >= 0.3 is 11.5 Å². The Hall–Kier alpha value is -2.50. The largest absolute Gasteiger partial charge is 0.478 e. The summed E-state index contributed by atoms with van der Waals surface area (Å²) in [5.74, 6) is -1.48. The number of rotatable bonds is 7. The summed E-state index contributed by atoms with van der Waals surface area (Å²) >= 11 is 0. The summed E-state index contributed by atoms with van der Waals surface area (Å²) in [6.07, 6.45) is 0.624. The van der Waals surface area contributed by atoms with E-state index < -0.39 is 28.8 Å². The summed E-state index contributed by atoms with van der Waals surface area (Å²) in [4.78, 5) is 33.6. The number of nitrogens with zero attached hydrogens (tertiary/aromatic N) is 3. The van der Waals surface area contributed by atoms with Crippen molar-refractivity contribution in [3.63, 3.8) is 0 Å². The van der Waals surface area contributed by atoms with E-state index in [1.165, 1.54) is 17.8 Å². The maximum atomic E-state index is 11.7. The average molecular weight is 354 g/mol. The molecule has 11 heteroatoms. The number of ether oxygens (including phenoxy) is 1. The number of imidazole rings is 1. The van der Waals surface area contributed by atoms with Crippen molar-refractivity contribution in [2.24, 2.45) is 11.1 Å². The number of nitrogen functional groups attached to an aromatic ring is 1. The smallest absolute Gasteiger partial charge is 0.351 e. The van der Waals surface area contributed by atoms with Crippen LogP contribution in [-0.4, -0.2) is 47.5 Å². The summed E-state index contributed by atoms with van der Waals surface area (Å²) in [6.45, 7) is 4.41.